The van der Waals surface area contributed by atoms with Crippen LogP contribution in [0.25, 0.3) is 0 Å². The Morgan fingerprint density at radius 1 is 1.03 bits per heavy atom. The van der Waals surface area contributed by atoms with Crippen LogP contribution in [0.4, 0.5) is 4.39 Å². The Kier molecular flexibility index (Phi) is 5.81. The Bertz CT molecular complexity index is 989. The number of hydrogen-bond donors (Lipinski definition) is 1. The maximum absolute atomic E-state index is 14.2. The molecule has 3 nitrogen and oxygen atoms in total. The van der Waals surface area contributed by atoms with Crippen LogP contribution in [0.15, 0.2) is 72.8 Å². The number of ether oxygens (including phenoxy) is 1. The molecule has 3 aromatic carbocycles. The molecule has 148 valence electrons. The Morgan fingerprint density at radius 3 is 2.62 bits per heavy atom. The second kappa shape index (κ2) is 8.66. The second-order valence-corrected chi connectivity index (χ2v) is 7.64. The molecule has 1 aliphatic heterocycles. The Labute approximate surface area is 174 Å². The first-order valence-corrected chi connectivity index (χ1v) is 9.97. The summed E-state index contributed by atoms with van der Waals surface area (Å²) in [6.07, 6.45) is 0.704. The van der Waals surface area contributed by atoms with Crippen molar-refractivity contribution >= 4 is 17.5 Å². The number of amides is 1. The Balaban J connectivity index is 1.52. The Morgan fingerprint density at radius 2 is 1.83 bits per heavy atom. The van der Waals surface area contributed by atoms with E-state index in [1.54, 1.807) is 12.1 Å². The summed E-state index contributed by atoms with van der Waals surface area (Å²) >= 11 is 6.19. The van der Waals surface area contributed by atoms with E-state index in [-0.39, 0.29) is 23.7 Å². The van der Waals surface area contributed by atoms with Gasteiger partial charge in [0.15, 0.2) is 0 Å². The summed E-state index contributed by atoms with van der Waals surface area (Å²) in [5, 5.41) is 3.36. The molecular formula is C24H21ClFNO2. The minimum atomic E-state index is -0.350. The number of rotatable bonds is 6. The van der Waals surface area contributed by atoms with Gasteiger partial charge in [-0.2, -0.15) is 0 Å². The van der Waals surface area contributed by atoms with Crippen molar-refractivity contribution in [3.8, 4) is 5.75 Å². The minimum absolute atomic E-state index is 0.0388. The average Bonchev–Trinajstić information content (AvgIpc) is 3.11. The second-order valence-electron chi connectivity index (χ2n) is 7.24. The van der Waals surface area contributed by atoms with Gasteiger partial charge in [-0.05, 0) is 41.8 Å². The molecule has 1 aliphatic rings. The van der Waals surface area contributed by atoms with Gasteiger partial charge in [0.1, 0.15) is 18.2 Å². The summed E-state index contributed by atoms with van der Waals surface area (Å²) in [6, 6.07) is 22.1. The smallest absolute Gasteiger partial charge is 0.220 e. The lowest BCUT2D eigenvalue weighted by Crippen LogP contribution is -2.31. The fraction of sp³-hybridized carbons (Fsp3) is 0.208. The Hall–Kier alpha value is -2.85. The van der Waals surface area contributed by atoms with E-state index in [0.717, 1.165) is 16.9 Å². The number of carbonyl (C=O) groups is 1. The molecule has 1 N–H and O–H groups in total. The average molecular weight is 410 g/mol. The van der Waals surface area contributed by atoms with E-state index in [1.165, 1.54) is 6.07 Å². The van der Waals surface area contributed by atoms with Gasteiger partial charge in [0.2, 0.25) is 5.91 Å². The molecule has 1 saturated heterocycles. The molecule has 4 rings (SSSR count). The van der Waals surface area contributed by atoms with Crippen molar-refractivity contribution < 1.29 is 13.9 Å². The molecule has 1 amide bonds. The van der Waals surface area contributed by atoms with E-state index in [4.69, 9.17) is 16.3 Å². The minimum Gasteiger partial charge on any atom is -0.489 e. The monoisotopic (exact) mass is 409 g/mol. The number of hydrogen-bond acceptors (Lipinski definition) is 2. The van der Waals surface area contributed by atoms with Crippen LogP contribution in [-0.4, -0.2) is 11.9 Å². The van der Waals surface area contributed by atoms with Crippen LogP contribution in [-0.2, 0) is 17.8 Å². The molecular weight excluding hydrogens is 389 g/mol. The molecule has 0 spiro atoms. The van der Waals surface area contributed by atoms with E-state index < -0.39 is 0 Å². The molecule has 3 aromatic rings. The lowest BCUT2D eigenvalue weighted by Gasteiger charge is -2.21. The summed E-state index contributed by atoms with van der Waals surface area (Å²) < 4.78 is 20.2. The molecule has 29 heavy (non-hydrogen) atoms. The highest BCUT2D eigenvalue weighted by Gasteiger charge is 2.34. The predicted octanol–water partition coefficient (Wildman–Crippen LogP) is 5.27. The van der Waals surface area contributed by atoms with Gasteiger partial charge >= 0.3 is 0 Å². The number of benzene rings is 3. The lowest BCUT2D eigenvalue weighted by molar-refractivity contribution is -0.119. The SMILES string of the molecule is O=C1C[C@H](c2cccc(OCc3ccccc3)c2)[C@@H](Cc2c(F)cccc2Cl)N1. The first-order chi connectivity index (χ1) is 14.1. The number of halogens is 2. The zero-order valence-corrected chi connectivity index (χ0v) is 16.5. The highest BCUT2D eigenvalue weighted by atomic mass is 35.5. The first-order valence-electron chi connectivity index (χ1n) is 9.59. The molecule has 0 bridgehead atoms. The fourth-order valence-corrected chi connectivity index (χ4v) is 4.02. The quantitative estimate of drug-likeness (QED) is 0.602. The maximum atomic E-state index is 14.2. The van der Waals surface area contributed by atoms with Crippen molar-refractivity contribution in [1.82, 2.24) is 5.32 Å². The highest BCUT2D eigenvalue weighted by molar-refractivity contribution is 6.31. The molecule has 1 heterocycles. The van der Waals surface area contributed by atoms with Gasteiger partial charge in [0, 0.05) is 29.0 Å². The molecule has 2 atom stereocenters. The van der Waals surface area contributed by atoms with E-state index in [9.17, 15) is 9.18 Å². The molecule has 0 aliphatic carbocycles. The van der Waals surface area contributed by atoms with Crippen molar-refractivity contribution in [2.75, 3.05) is 0 Å². The summed E-state index contributed by atoms with van der Waals surface area (Å²) in [5.41, 5.74) is 2.51. The van der Waals surface area contributed by atoms with E-state index in [1.807, 2.05) is 54.6 Å². The molecule has 0 aromatic heterocycles. The van der Waals surface area contributed by atoms with Gasteiger partial charge < -0.3 is 10.1 Å². The van der Waals surface area contributed by atoms with Gasteiger partial charge in [-0.1, -0.05) is 60.1 Å². The topological polar surface area (TPSA) is 38.3 Å². The van der Waals surface area contributed by atoms with Crippen LogP contribution in [0.5, 0.6) is 5.75 Å². The van der Waals surface area contributed by atoms with Gasteiger partial charge in [0.05, 0.1) is 0 Å². The third-order valence-corrected chi connectivity index (χ3v) is 5.61. The zero-order valence-electron chi connectivity index (χ0n) is 15.8. The third-order valence-electron chi connectivity index (χ3n) is 5.26. The molecule has 0 unspecified atom stereocenters. The summed E-state index contributed by atoms with van der Waals surface area (Å²) in [6.45, 7) is 0.473. The van der Waals surface area contributed by atoms with Crippen molar-refractivity contribution in [3.63, 3.8) is 0 Å². The van der Waals surface area contributed by atoms with Crippen molar-refractivity contribution in [2.24, 2.45) is 0 Å². The lowest BCUT2D eigenvalue weighted by atomic mass is 9.88. The fourth-order valence-electron chi connectivity index (χ4n) is 3.77. The number of carbonyl (C=O) groups excluding carboxylic acids is 1. The van der Waals surface area contributed by atoms with Gasteiger partial charge in [-0.3, -0.25) is 4.79 Å². The van der Waals surface area contributed by atoms with Gasteiger partial charge in [-0.15, -0.1) is 0 Å². The maximum Gasteiger partial charge on any atom is 0.220 e. The van der Waals surface area contributed by atoms with Crippen LogP contribution >= 0.6 is 11.6 Å². The van der Waals surface area contributed by atoms with Crippen LogP contribution < -0.4 is 10.1 Å². The molecule has 0 saturated carbocycles. The zero-order chi connectivity index (χ0) is 20.2. The van der Waals surface area contributed by atoms with E-state index >= 15 is 0 Å². The third kappa shape index (κ3) is 4.60. The first kappa shape index (κ1) is 19.5. The molecule has 0 radical (unpaired) electrons. The van der Waals surface area contributed by atoms with Crippen LogP contribution in [0, 0.1) is 5.82 Å². The predicted molar refractivity (Wildman–Crippen MR) is 112 cm³/mol. The van der Waals surface area contributed by atoms with E-state index in [0.29, 0.717) is 30.0 Å². The normalized spacial score (nSPS) is 18.5. The van der Waals surface area contributed by atoms with Crippen molar-refractivity contribution in [1.29, 1.82) is 0 Å². The van der Waals surface area contributed by atoms with Crippen LogP contribution in [0.1, 0.15) is 29.0 Å². The summed E-state index contributed by atoms with van der Waals surface area (Å²) in [7, 11) is 0. The largest absolute Gasteiger partial charge is 0.489 e. The van der Waals surface area contributed by atoms with Crippen molar-refractivity contribution in [2.45, 2.75) is 31.4 Å². The standard InChI is InChI=1S/C24H21ClFNO2/c25-21-10-5-11-22(26)20(21)13-23-19(14-24(28)27-23)17-8-4-9-18(12-17)29-15-16-6-2-1-3-7-16/h1-12,19,23H,13-15H2,(H,27,28)/t19-,23-/m1/s1. The summed E-state index contributed by atoms with van der Waals surface area (Å²) in [5.74, 6) is 0.284. The van der Waals surface area contributed by atoms with Crippen LogP contribution in [0.3, 0.4) is 0 Å². The number of nitrogens with one attached hydrogen (secondary N) is 1. The highest BCUT2D eigenvalue weighted by Crippen LogP contribution is 2.34. The van der Waals surface area contributed by atoms with Gasteiger partial charge in [0.25, 0.3) is 0 Å². The van der Waals surface area contributed by atoms with Gasteiger partial charge in [-0.25, -0.2) is 4.39 Å². The molecule has 1 fully saturated rings. The summed E-state index contributed by atoms with van der Waals surface area (Å²) in [4.78, 5) is 12.1. The van der Waals surface area contributed by atoms with Crippen molar-refractivity contribution in [3.05, 3.63) is 100 Å². The van der Waals surface area contributed by atoms with Crippen LogP contribution in [0.2, 0.25) is 5.02 Å². The molecule has 5 heteroatoms. The van der Waals surface area contributed by atoms with E-state index in [2.05, 4.69) is 5.32 Å².